The summed E-state index contributed by atoms with van der Waals surface area (Å²) in [6.07, 6.45) is 0.933. The predicted octanol–water partition coefficient (Wildman–Crippen LogP) is 4.34. The van der Waals surface area contributed by atoms with Gasteiger partial charge in [0.2, 0.25) is 11.0 Å². The van der Waals surface area contributed by atoms with Crippen molar-refractivity contribution < 1.29 is 13.9 Å². The Morgan fingerprint density at radius 3 is 2.59 bits per heavy atom. The Morgan fingerprint density at radius 2 is 1.89 bits per heavy atom. The van der Waals surface area contributed by atoms with Gasteiger partial charge in [-0.3, -0.25) is 9.69 Å². The van der Waals surface area contributed by atoms with Crippen LogP contribution in [0, 0.1) is 5.82 Å². The van der Waals surface area contributed by atoms with E-state index < -0.39 is 0 Å². The van der Waals surface area contributed by atoms with E-state index in [0.29, 0.717) is 29.5 Å². The quantitative estimate of drug-likeness (QED) is 0.607. The van der Waals surface area contributed by atoms with E-state index in [1.165, 1.54) is 23.5 Å². The van der Waals surface area contributed by atoms with Crippen LogP contribution < -0.4 is 9.64 Å². The van der Waals surface area contributed by atoms with Crippen molar-refractivity contribution in [1.82, 2.24) is 10.2 Å². The number of hydrogen-bond acceptors (Lipinski definition) is 5. The number of carbonyl (C=O) groups excluding carboxylic acids is 1. The molecule has 140 valence electrons. The maximum absolute atomic E-state index is 13.1. The number of halogens is 1. The molecular formula is C20H20FN3O2S. The van der Waals surface area contributed by atoms with E-state index >= 15 is 0 Å². The van der Waals surface area contributed by atoms with Gasteiger partial charge in [0.15, 0.2) is 0 Å². The number of nitrogens with zero attached hydrogens (tertiary/aromatic N) is 3. The van der Waals surface area contributed by atoms with E-state index in [2.05, 4.69) is 10.2 Å². The molecule has 0 fully saturated rings. The number of carbonyl (C=O) groups is 1. The molecule has 2 aromatic carbocycles. The monoisotopic (exact) mass is 385 g/mol. The zero-order valence-corrected chi connectivity index (χ0v) is 16.0. The van der Waals surface area contributed by atoms with Crippen LogP contribution in [0.5, 0.6) is 5.75 Å². The fraction of sp³-hybridized carbons (Fsp3) is 0.250. The standard InChI is InChI=1S/C20H20FN3O2S/c1-3-24(18(25)13-10-14-6-4-5-7-17(14)26-2)20-23-22-19(27-20)15-8-11-16(21)12-9-15/h4-9,11-12H,3,10,13H2,1-2H3. The van der Waals surface area contributed by atoms with E-state index in [1.807, 2.05) is 31.2 Å². The number of methoxy groups -OCH3 is 1. The third-order valence-corrected chi connectivity index (χ3v) is 5.15. The maximum atomic E-state index is 13.1. The summed E-state index contributed by atoms with van der Waals surface area (Å²) in [7, 11) is 1.62. The first-order valence-corrected chi connectivity index (χ1v) is 9.45. The second kappa shape index (κ2) is 8.73. The first kappa shape index (κ1) is 19.0. The molecule has 5 nitrogen and oxygen atoms in total. The molecule has 0 aliphatic rings. The van der Waals surface area contributed by atoms with Gasteiger partial charge in [-0.05, 0) is 49.2 Å². The third-order valence-electron chi connectivity index (χ3n) is 4.15. The summed E-state index contributed by atoms with van der Waals surface area (Å²) in [5.74, 6) is 0.457. The summed E-state index contributed by atoms with van der Waals surface area (Å²) >= 11 is 1.32. The minimum absolute atomic E-state index is 0.0230. The average molecular weight is 385 g/mol. The third kappa shape index (κ3) is 4.49. The Hall–Kier alpha value is -2.80. The van der Waals surface area contributed by atoms with Gasteiger partial charge < -0.3 is 4.74 Å². The SMILES string of the molecule is CCN(C(=O)CCc1ccccc1OC)c1nnc(-c2ccc(F)cc2)s1. The van der Waals surface area contributed by atoms with Crippen molar-refractivity contribution in [1.29, 1.82) is 0 Å². The van der Waals surface area contributed by atoms with E-state index in [4.69, 9.17) is 4.74 Å². The van der Waals surface area contributed by atoms with Gasteiger partial charge >= 0.3 is 0 Å². The summed E-state index contributed by atoms with van der Waals surface area (Å²) in [5, 5.41) is 9.49. The number of para-hydroxylation sites is 1. The first-order valence-electron chi connectivity index (χ1n) is 8.64. The first-order chi connectivity index (χ1) is 13.1. The molecule has 3 rings (SSSR count). The number of benzene rings is 2. The number of ether oxygens (including phenoxy) is 1. The number of aromatic nitrogens is 2. The summed E-state index contributed by atoms with van der Waals surface area (Å²) in [6.45, 7) is 2.41. The molecule has 1 heterocycles. The van der Waals surface area contributed by atoms with Crippen LogP contribution in [0.2, 0.25) is 0 Å². The minimum Gasteiger partial charge on any atom is -0.496 e. The number of amides is 1. The molecule has 1 aromatic heterocycles. The molecule has 0 saturated carbocycles. The van der Waals surface area contributed by atoms with Gasteiger partial charge in [-0.1, -0.05) is 29.5 Å². The normalized spacial score (nSPS) is 10.6. The molecule has 0 radical (unpaired) electrons. The second-order valence-corrected chi connectivity index (χ2v) is 6.80. The largest absolute Gasteiger partial charge is 0.496 e. The van der Waals surface area contributed by atoms with Crippen molar-refractivity contribution in [2.24, 2.45) is 0 Å². The Bertz CT molecular complexity index is 912. The number of aryl methyl sites for hydroxylation is 1. The summed E-state index contributed by atoms with van der Waals surface area (Å²) < 4.78 is 18.4. The molecule has 0 aliphatic heterocycles. The van der Waals surface area contributed by atoms with Crippen LogP contribution in [-0.4, -0.2) is 29.8 Å². The lowest BCUT2D eigenvalue weighted by Gasteiger charge is -2.17. The predicted molar refractivity (Wildman–Crippen MR) is 105 cm³/mol. The molecule has 0 saturated heterocycles. The van der Waals surface area contributed by atoms with Crippen molar-refractivity contribution in [3.63, 3.8) is 0 Å². The molecule has 0 bridgehead atoms. The molecule has 0 unspecified atom stereocenters. The zero-order chi connectivity index (χ0) is 19.2. The maximum Gasteiger partial charge on any atom is 0.229 e. The van der Waals surface area contributed by atoms with Crippen LogP contribution in [0.15, 0.2) is 48.5 Å². The molecule has 7 heteroatoms. The van der Waals surface area contributed by atoms with E-state index in [1.54, 1.807) is 24.1 Å². The van der Waals surface area contributed by atoms with Crippen molar-refractivity contribution in [2.45, 2.75) is 19.8 Å². The minimum atomic E-state index is -0.301. The lowest BCUT2D eigenvalue weighted by molar-refractivity contribution is -0.118. The highest BCUT2D eigenvalue weighted by Gasteiger charge is 2.19. The Morgan fingerprint density at radius 1 is 1.15 bits per heavy atom. The summed E-state index contributed by atoms with van der Waals surface area (Å²) in [5.41, 5.74) is 1.77. The van der Waals surface area contributed by atoms with Gasteiger partial charge in [0.25, 0.3) is 0 Å². The van der Waals surface area contributed by atoms with Crippen molar-refractivity contribution in [3.05, 3.63) is 59.9 Å². The van der Waals surface area contributed by atoms with Crippen molar-refractivity contribution in [3.8, 4) is 16.3 Å². The zero-order valence-electron chi connectivity index (χ0n) is 15.2. The Labute approximate surface area is 161 Å². The van der Waals surface area contributed by atoms with Crippen LogP contribution in [0.1, 0.15) is 18.9 Å². The summed E-state index contributed by atoms with van der Waals surface area (Å²) in [4.78, 5) is 14.3. The van der Waals surface area contributed by atoms with Crippen LogP contribution in [0.3, 0.4) is 0 Å². The van der Waals surface area contributed by atoms with E-state index in [9.17, 15) is 9.18 Å². The Kier molecular flexibility index (Phi) is 6.13. The van der Waals surface area contributed by atoms with Crippen LogP contribution in [-0.2, 0) is 11.2 Å². The number of hydrogen-bond donors (Lipinski definition) is 0. The van der Waals surface area contributed by atoms with Crippen LogP contribution >= 0.6 is 11.3 Å². The Balaban J connectivity index is 1.71. The number of anilines is 1. The molecular weight excluding hydrogens is 365 g/mol. The van der Waals surface area contributed by atoms with Gasteiger partial charge in [-0.15, -0.1) is 10.2 Å². The highest BCUT2D eigenvalue weighted by atomic mass is 32.1. The smallest absolute Gasteiger partial charge is 0.229 e. The second-order valence-electron chi connectivity index (χ2n) is 5.85. The van der Waals surface area contributed by atoms with Gasteiger partial charge in [0.05, 0.1) is 7.11 Å². The lowest BCUT2D eigenvalue weighted by Crippen LogP contribution is -2.30. The van der Waals surface area contributed by atoms with Gasteiger partial charge in [0, 0.05) is 18.5 Å². The highest BCUT2D eigenvalue weighted by molar-refractivity contribution is 7.18. The fourth-order valence-corrected chi connectivity index (χ4v) is 3.67. The molecule has 27 heavy (non-hydrogen) atoms. The van der Waals surface area contributed by atoms with Crippen molar-refractivity contribution in [2.75, 3.05) is 18.6 Å². The van der Waals surface area contributed by atoms with Gasteiger partial charge in [-0.2, -0.15) is 0 Å². The van der Waals surface area contributed by atoms with Crippen LogP contribution in [0.4, 0.5) is 9.52 Å². The highest BCUT2D eigenvalue weighted by Crippen LogP contribution is 2.29. The molecule has 1 amide bonds. The molecule has 0 spiro atoms. The summed E-state index contributed by atoms with van der Waals surface area (Å²) in [6, 6.07) is 13.7. The van der Waals surface area contributed by atoms with Crippen LogP contribution in [0.25, 0.3) is 10.6 Å². The van der Waals surface area contributed by atoms with Crippen molar-refractivity contribution >= 4 is 22.4 Å². The average Bonchev–Trinajstić information content (AvgIpc) is 3.17. The van der Waals surface area contributed by atoms with E-state index in [-0.39, 0.29) is 11.7 Å². The van der Waals surface area contributed by atoms with Gasteiger partial charge in [-0.25, -0.2) is 4.39 Å². The molecule has 0 N–H and O–H groups in total. The lowest BCUT2D eigenvalue weighted by atomic mass is 10.1. The number of rotatable bonds is 7. The molecule has 0 atom stereocenters. The molecule has 0 aliphatic carbocycles. The van der Waals surface area contributed by atoms with E-state index in [0.717, 1.165) is 16.9 Å². The fourth-order valence-electron chi connectivity index (χ4n) is 2.74. The van der Waals surface area contributed by atoms with Gasteiger partial charge in [0.1, 0.15) is 16.6 Å². The molecule has 3 aromatic rings. The topological polar surface area (TPSA) is 55.3 Å².